The van der Waals surface area contributed by atoms with Gasteiger partial charge < -0.3 is 15.8 Å². The number of benzene rings is 2. The number of sulfonamides is 1. The number of anilines is 1. The molecule has 13 heteroatoms. The van der Waals surface area contributed by atoms with Crippen molar-refractivity contribution >= 4 is 27.7 Å². The van der Waals surface area contributed by atoms with Crippen LogP contribution in [0.25, 0.3) is 0 Å². The largest absolute Gasteiger partial charge is 0.497 e. The number of primary amides is 1. The summed E-state index contributed by atoms with van der Waals surface area (Å²) < 4.78 is 60.1. The fraction of sp³-hybridized carbons (Fsp3) is 0.261. The maximum atomic E-state index is 13.7. The SMILES string of the molecule is COc1ccc(C(=O)Nc2n[nH]c3c2CN(S(=O)(=O)c2cc(F)cc(F)c2)CC3(C)C)c(C(N)=O)c1. The van der Waals surface area contributed by atoms with Gasteiger partial charge in [0.05, 0.1) is 23.1 Å². The smallest absolute Gasteiger partial charge is 0.257 e. The first kappa shape index (κ1) is 25.3. The van der Waals surface area contributed by atoms with Crippen LogP contribution in [0.2, 0.25) is 0 Å². The van der Waals surface area contributed by atoms with E-state index >= 15 is 0 Å². The third kappa shape index (κ3) is 4.54. The second-order valence-corrected chi connectivity index (χ2v) is 10.9. The van der Waals surface area contributed by atoms with Crippen LogP contribution in [0.15, 0.2) is 41.3 Å². The van der Waals surface area contributed by atoms with Crippen molar-refractivity contribution in [3.05, 3.63) is 70.4 Å². The highest BCUT2D eigenvalue weighted by Crippen LogP contribution is 2.38. The maximum Gasteiger partial charge on any atom is 0.257 e. The zero-order chi connectivity index (χ0) is 26.4. The van der Waals surface area contributed by atoms with Crippen molar-refractivity contribution in [3.63, 3.8) is 0 Å². The van der Waals surface area contributed by atoms with E-state index in [2.05, 4.69) is 15.5 Å². The Morgan fingerprint density at radius 2 is 1.81 bits per heavy atom. The lowest BCUT2D eigenvalue weighted by Gasteiger charge is -2.36. The van der Waals surface area contributed by atoms with E-state index in [0.29, 0.717) is 23.1 Å². The first-order chi connectivity index (χ1) is 16.8. The van der Waals surface area contributed by atoms with Crippen LogP contribution in [0.5, 0.6) is 5.75 Å². The number of nitrogens with zero attached hydrogens (tertiary/aromatic N) is 2. The summed E-state index contributed by atoms with van der Waals surface area (Å²) in [6.45, 7) is 3.28. The minimum absolute atomic E-state index is 0.0135. The van der Waals surface area contributed by atoms with Crippen LogP contribution in [0.3, 0.4) is 0 Å². The Kier molecular flexibility index (Phi) is 6.31. The number of H-pyrrole nitrogens is 1. The highest BCUT2D eigenvalue weighted by molar-refractivity contribution is 7.89. The van der Waals surface area contributed by atoms with E-state index in [4.69, 9.17) is 10.5 Å². The van der Waals surface area contributed by atoms with E-state index in [1.54, 1.807) is 13.8 Å². The number of nitrogens with two attached hydrogens (primary N) is 1. The molecule has 36 heavy (non-hydrogen) atoms. The van der Waals surface area contributed by atoms with Crippen molar-refractivity contribution in [2.75, 3.05) is 19.0 Å². The first-order valence-corrected chi connectivity index (χ1v) is 12.1. The molecule has 2 amide bonds. The number of rotatable bonds is 6. The van der Waals surface area contributed by atoms with Crippen molar-refractivity contribution in [2.24, 2.45) is 5.73 Å². The first-order valence-electron chi connectivity index (χ1n) is 10.7. The van der Waals surface area contributed by atoms with Gasteiger partial charge in [-0.25, -0.2) is 17.2 Å². The fourth-order valence-electron chi connectivity index (χ4n) is 4.16. The van der Waals surface area contributed by atoms with Gasteiger partial charge in [-0.3, -0.25) is 14.7 Å². The van der Waals surface area contributed by atoms with Gasteiger partial charge in [-0.05, 0) is 30.3 Å². The van der Waals surface area contributed by atoms with Crippen LogP contribution in [-0.2, 0) is 22.0 Å². The number of halogens is 2. The zero-order valence-electron chi connectivity index (χ0n) is 19.6. The molecule has 3 aromatic rings. The second kappa shape index (κ2) is 8.99. The van der Waals surface area contributed by atoms with Crippen LogP contribution in [-0.4, -0.2) is 48.4 Å². The van der Waals surface area contributed by atoms with Gasteiger partial charge >= 0.3 is 0 Å². The van der Waals surface area contributed by atoms with E-state index in [9.17, 15) is 26.8 Å². The lowest BCUT2D eigenvalue weighted by molar-refractivity contribution is 0.0976. The summed E-state index contributed by atoms with van der Waals surface area (Å²) in [5.74, 6) is -3.22. The zero-order valence-corrected chi connectivity index (χ0v) is 20.4. The quantitative estimate of drug-likeness (QED) is 0.456. The number of methoxy groups -OCH3 is 1. The number of hydrogen-bond acceptors (Lipinski definition) is 6. The Hall–Kier alpha value is -3.84. The Labute approximate surface area is 205 Å². The molecular formula is C23H23F2N5O5S. The Bertz CT molecular complexity index is 1470. The molecule has 0 spiro atoms. The fourth-order valence-corrected chi connectivity index (χ4v) is 5.77. The van der Waals surface area contributed by atoms with Crippen molar-refractivity contribution in [3.8, 4) is 5.75 Å². The molecule has 0 atom stereocenters. The van der Waals surface area contributed by atoms with E-state index in [-0.39, 0.29) is 30.0 Å². The van der Waals surface area contributed by atoms with Crippen LogP contribution >= 0.6 is 0 Å². The second-order valence-electron chi connectivity index (χ2n) is 8.92. The Morgan fingerprint density at radius 3 is 2.42 bits per heavy atom. The average molecular weight is 520 g/mol. The number of carbonyl (C=O) groups is 2. The number of nitrogens with one attached hydrogen (secondary N) is 2. The van der Waals surface area contributed by atoms with Gasteiger partial charge in [-0.1, -0.05) is 13.8 Å². The van der Waals surface area contributed by atoms with E-state index in [1.807, 2.05) is 0 Å². The molecule has 1 aliphatic heterocycles. The molecule has 0 aliphatic carbocycles. The standard InChI is InChI=1S/C23H23F2N5O5S/c1-23(2)11-30(36(33,34)15-7-12(24)6-13(25)8-15)10-18-19(23)28-29-21(18)27-22(32)16-5-4-14(35-3)9-17(16)20(26)31/h4-9H,10-11H2,1-3H3,(H2,26,31)(H2,27,28,29,32). The molecule has 0 bridgehead atoms. The van der Waals surface area contributed by atoms with Gasteiger partial charge in [-0.2, -0.15) is 9.40 Å². The van der Waals surface area contributed by atoms with Crippen LogP contribution in [0, 0.1) is 11.6 Å². The molecule has 0 unspecified atom stereocenters. The van der Waals surface area contributed by atoms with E-state index < -0.39 is 43.8 Å². The third-order valence-corrected chi connectivity index (χ3v) is 7.66. The molecule has 10 nitrogen and oxygen atoms in total. The van der Waals surface area contributed by atoms with Gasteiger partial charge in [0.25, 0.3) is 5.91 Å². The summed E-state index contributed by atoms with van der Waals surface area (Å²) in [6, 6.07) is 6.25. The molecule has 190 valence electrons. The monoisotopic (exact) mass is 519 g/mol. The molecule has 1 aromatic heterocycles. The minimum Gasteiger partial charge on any atom is -0.497 e. The summed E-state index contributed by atoms with van der Waals surface area (Å²) in [5, 5.41) is 9.58. The molecule has 0 fully saturated rings. The molecule has 2 heterocycles. The molecular weight excluding hydrogens is 496 g/mol. The number of aromatic amines is 1. The minimum atomic E-state index is -4.30. The average Bonchev–Trinajstić information content (AvgIpc) is 3.21. The van der Waals surface area contributed by atoms with E-state index in [0.717, 1.165) is 16.4 Å². The van der Waals surface area contributed by atoms with Crippen LogP contribution in [0.4, 0.5) is 14.6 Å². The summed E-state index contributed by atoms with van der Waals surface area (Å²) in [7, 11) is -2.90. The number of aromatic nitrogens is 2. The van der Waals surface area contributed by atoms with Gasteiger partial charge in [0.15, 0.2) is 5.82 Å². The maximum absolute atomic E-state index is 13.7. The Morgan fingerprint density at radius 1 is 1.14 bits per heavy atom. The highest BCUT2D eigenvalue weighted by atomic mass is 32.2. The molecule has 0 saturated carbocycles. The van der Waals surface area contributed by atoms with Crippen LogP contribution in [0.1, 0.15) is 45.8 Å². The number of ether oxygens (including phenoxy) is 1. The molecule has 4 rings (SSSR count). The number of carbonyl (C=O) groups excluding carboxylic acids is 2. The predicted octanol–water partition coefficient (Wildman–Crippen LogP) is 2.53. The summed E-state index contributed by atoms with van der Waals surface area (Å²) in [6.07, 6.45) is 0. The van der Waals surface area contributed by atoms with Gasteiger partial charge in [0, 0.05) is 35.8 Å². The highest BCUT2D eigenvalue weighted by Gasteiger charge is 2.41. The number of fused-ring (bicyclic) bond motifs is 1. The van der Waals surface area contributed by atoms with Crippen molar-refractivity contribution in [1.82, 2.24) is 14.5 Å². The lowest BCUT2D eigenvalue weighted by atomic mass is 9.84. The number of amides is 2. The third-order valence-electron chi connectivity index (χ3n) is 5.89. The summed E-state index contributed by atoms with van der Waals surface area (Å²) in [5.41, 5.74) is 5.47. The molecule has 2 aromatic carbocycles. The van der Waals surface area contributed by atoms with Crippen LogP contribution < -0.4 is 15.8 Å². The lowest BCUT2D eigenvalue weighted by Crippen LogP contribution is -2.45. The normalized spacial score (nSPS) is 15.2. The van der Waals surface area contributed by atoms with Crippen molar-refractivity contribution < 1.29 is 31.5 Å². The summed E-state index contributed by atoms with van der Waals surface area (Å²) in [4.78, 5) is 24.4. The molecule has 0 saturated heterocycles. The summed E-state index contributed by atoms with van der Waals surface area (Å²) >= 11 is 0. The number of hydrogen-bond donors (Lipinski definition) is 3. The van der Waals surface area contributed by atoms with Gasteiger partial charge in [-0.15, -0.1) is 0 Å². The molecule has 4 N–H and O–H groups in total. The molecule has 0 radical (unpaired) electrons. The van der Waals surface area contributed by atoms with E-state index in [1.165, 1.54) is 25.3 Å². The van der Waals surface area contributed by atoms with Crippen molar-refractivity contribution in [1.29, 1.82) is 0 Å². The topological polar surface area (TPSA) is 147 Å². The van der Waals surface area contributed by atoms with Gasteiger partial charge in [0.2, 0.25) is 15.9 Å². The predicted molar refractivity (Wildman–Crippen MR) is 125 cm³/mol. The Balaban J connectivity index is 1.69. The van der Waals surface area contributed by atoms with Gasteiger partial charge in [0.1, 0.15) is 17.4 Å². The molecule has 1 aliphatic rings. The van der Waals surface area contributed by atoms with Crippen molar-refractivity contribution in [2.45, 2.75) is 30.7 Å².